The number of hydrogen-bond acceptors (Lipinski definition) is 12. The van der Waals surface area contributed by atoms with Gasteiger partial charge in [-0.05, 0) is 161 Å². The van der Waals surface area contributed by atoms with Crippen LogP contribution in [0.3, 0.4) is 0 Å². The fourth-order valence-electron chi connectivity index (χ4n) is 21.3. The highest BCUT2D eigenvalue weighted by molar-refractivity contribution is 6.27. The van der Waals surface area contributed by atoms with Gasteiger partial charge in [0.15, 0.2) is 52.4 Å². The predicted molar refractivity (Wildman–Crippen MR) is 610 cm³/mol. The Balaban J connectivity index is 0.000000108. The van der Waals surface area contributed by atoms with Crippen molar-refractivity contribution in [3.63, 3.8) is 0 Å². The highest BCUT2D eigenvalue weighted by Crippen LogP contribution is 2.47. The maximum absolute atomic E-state index is 6.56. The van der Waals surface area contributed by atoms with Crippen molar-refractivity contribution in [2.24, 2.45) is 0 Å². The number of para-hydroxylation sites is 7. The van der Waals surface area contributed by atoms with Gasteiger partial charge < -0.3 is 27.0 Å². The van der Waals surface area contributed by atoms with Crippen molar-refractivity contribution >= 4 is 131 Å². The van der Waals surface area contributed by atoms with E-state index in [-0.39, 0.29) is 0 Å². The van der Waals surface area contributed by atoms with Crippen LogP contribution in [0.25, 0.3) is 284 Å². The number of aromatic nitrogens is 12. The molecule has 15 heteroatoms. The molecule has 150 heavy (non-hydrogen) atoms. The molecule has 0 saturated carbocycles. The van der Waals surface area contributed by atoms with Crippen LogP contribution in [0.2, 0.25) is 0 Å². The van der Waals surface area contributed by atoms with Crippen LogP contribution >= 0.6 is 0 Å². The smallest absolute Gasteiger partial charge is 0.166 e. The van der Waals surface area contributed by atoms with Crippen LogP contribution in [-0.2, 0) is 0 Å². The Morgan fingerprint density at radius 3 is 0.787 bits per heavy atom. The molecule has 15 nitrogen and oxygen atoms in total. The van der Waals surface area contributed by atoms with E-state index in [1.165, 1.54) is 11.1 Å². The normalized spacial score (nSPS) is 11.6. The predicted octanol–water partition coefficient (Wildman–Crippen LogP) is 34.6. The average Bonchev–Trinajstić information content (AvgIpc) is 1.57. The van der Waals surface area contributed by atoms with Crippen molar-refractivity contribution in [3.8, 4) is 153 Å². The number of furan rings is 3. The first-order chi connectivity index (χ1) is 74.4. The third kappa shape index (κ3) is 15.6. The lowest BCUT2D eigenvalue weighted by atomic mass is 10.0. The van der Waals surface area contributed by atoms with E-state index in [4.69, 9.17) is 58.1 Å². The summed E-state index contributed by atoms with van der Waals surface area (Å²) in [6, 6.07) is 175. The second-order valence-electron chi connectivity index (χ2n) is 37.3. The van der Waals surface area contributed by atoms with Crippen LogP contribution < -0.4 is 0 Å². The molecule has 30 aromatic rings. The zero-order chi connectivity index (χ0) is 99.1. The van der Waals surface area contributed by atoms with Gasteiger partial charge in [-0.1, -0.05) is 382 Å². The summed E-state index contributed by atoms with van der Waals surface area (Å²) in [5.74, 6) is 5.61. The summed E-state index contributed by atoms with van der Waals surface area (Å²) in [7, 11) is 0. The monoisotopic (exact) mass is 1920 g/mol. The van der Waals surface area contributed by atoms with Crippen LogP contribution in [0.1, 0.15) is 0 Å². The second-order valence-corrected chi connectivity index (χ2v) is 37.3. The summed E-state index contributed by atoms with van der Waals surface area (Å²) in [6.07, 6.45) is 0. The standard InChI is InChI=1S/3C45H28N4O/c1-3-13-29(14-4-1)30-23-25-32(26-24-30)44-46-43(31-15-5-2-6-16-31)47-45(48-44)36-19-8-11-21-38(36)49-37-20-10-7-18-35(37)41-39(49)28-27-34-33-17-9-12-22-40(33)50-42(34)41;1-3-12-29(13-4-1)30-22-24-32(25-23-30)44-46-43(31-14-5-2-6-15-31)47-45(48-44)33-16-11-17-34(28-33)49-38-20-9-7-19-37(38)41-39(49)27-26-36-35-18-8-10-21-40(35)50-42(36)41;1-3-12-29(13-4-1)32-16-11-17-33(28-32)45-47-43(30-14-5-2-6-15-30)46-44(48-45)31-22-24-34(25-23-31)49-38-20-9-7-19-37(38)41-39(49)27-26-36-35-18-8-10-21-40(35)50-42(36)41/h3*1-28H. The lowest BCUT2D eigenvalue weighted by Crippen LogP contribution is -2.03. The average molecular weight is 1920 g/mol. The van der Waals surface area contributed by atoms with Crippen molar-refractivity contribution in [1.29, 1.82) is 0 Å². The molecule has 21 aromatic carbocycles. The van der Waals surface area contributed by atoms with Crippen molar-refractivity contribution in [2.75, 3.05) is 0 Å². The largest absolute Gasteiger partial charge is 0.455 e. The summed E-state index contributed by atoms with van der Waals surface area (Å²) in [5.41, 5.74) is 30.2. The number of nitrogens with zero attached hydrogens (tertiary/aromatic N) is 12. The fraction of sp³-hybridized carbons (Fsp3) is 0. The quantitative estimate of drug-likeness (QED) is 0.0953. The molecule has 30 rings (SSSR count). The van der Waals surface area contributed by atoms with Gasteiger partial charge in [0.2, 0.25) is 0 Å². The van der Waals surface area contributed by atoms with Gasteiger partial charge >= 0.3 is 0 Å². The van der Waals surface area contributed by atoms with E-state index in [9.17, 15) is 0 Å². The van der Waals surface area contributed by atoms with Gasteiger partial charge in [-0.15, -0.1) is 0 Å². The van der Waals surface area contributed by atoms with E-state index in [1.807, 2.05) is 152 Å². The van der Waals surface area contributed by atoms with Gasteiger partial charge in [-0.25, -0.2) is 44.9 Å². The molecule has 0 aliphatic carbocycles. The summed E-state index contributed by atoms with van der Waals surface area (Å²) < 4.78 is 26.5. The third-order valence-corrected chi connectivity index (χ3v) is 28.4. The molecule has 0 amide bonds. The van der Waals surface area contributed by atoms with Crippen molar-refractivity contribution in [1.82, 2.24) is 58.6 Å². The van der Waals surface area contributed by atoms with Gasteiger partial charge in [0.05, 0.1) is 54.9 Å². The molecule has 0 spiro atoms. The Kier molecular flexibility index (Phi) is 21.5. The molecule has 9 aromatic heterocycles. The third-order valence-electron chi connectivity index (χ3n) is 28.4. The Morgan fingerprint density at radius 1 is 0.140 bits per heavy atom. The molecule has 0 atom stereocenters. The minimum absolute atomic E-state index is 0.604. The van der Waals surface area contributed by atoms with Gasteiger partial charge in [-0.2, -0.15) is 0 Å². The maximum atomic E-state index is 6.56. The zero-order valence-corrected chi connectivity index (χ0v) is 80.6. The van der Waals surface area contributed by atoms with E-state index >= 15 is 0 Å². The van der Waals surface area contributed by atoms with Crippen molar-refractivity contribution < 1.29 is 13.3 Å². The molecule has 702 valence electrons. The molecule has 0 aliphatic heterocycles. The lowest BCUT2D eigenvalue weighted by Gasteiger charge is -2.14. The summed E-state index contributed by atoms with van der Waals surface area (Å²) in [5, 5.41) is 13.5. The Morgan fingerprint density at radius 2 is 0.393 bits per heavy atom. The Hall–Kier alpha value is -20.6. The molecule has 0 unspecified atom stereocenters. The van der Waals surface area contributed by atoms with Gasteiger partial charge in [0, 0.05) is 110 Å². The van der Waals surface area contributed by atoms with Crippen LogP contribution in [-0.4, -0.2) is 58.6 Å². The topological polar surface area (TPSA) is 170 Å². The van der Waals surface area contributed by atoms with E-state index in [0.29, 0.717) is 52.4 Å². The summed E-state index contributed by atoms with van der Waals surface area (Å²) >= 11 is 0. The zero-order valence-electron chi connectivity index (χ0n) is 80.6. The highest BCUT2D eigenvalue weighted by atomic mass is 16.3. The number of benzene rings is 21. The summed E-state index contributed by atoms with van der Waals surface area (Å²) in [6.45, 7) is 0. The molecule has 9 heterocycles. The van der Waals surface area contributed by atoms with Crippen LogP contribution in [0.15, 0.2) is 523 Å². The first-order valence-electron chi connectivity index (χ1n) is 50.1. The Bertz CT molecular complexity index is 10500. The number of hydrogen-bond donors (Lipinski definition) is 0. The van der Waals surface area contributed by atoms with Crippen LogP contribution in [0, 0.1) is 0 Å². The van der Waals surface area contributed by atoms with Gasteiger partial charge in [0.25, 0.3) is 0 Å². The molecular weight excluding hydrogens is 1840 g/mol. The van der Waals surface area contributed by atoms with Gasteiger partial charge in [-0.3, -0.25) is 0 Å². The fourth-order valence-corrected chi connectivity index (χ4v) is 21.3. The van der Waals surface area contributed by atoms with E-state index < -0.39 is 0 Å². The van der Waals surface area contributed by atoms with E-state index in [2.05, 4.69) is 372 Å². The molecular formula is C135H84N12O3. The minimum atomic E-state index is 0.604. The first-order valence-corrected chi connectivity index (χ1v) is 50.1. The van der Waals surface area contributed by atoms with E-state index in [1.54, 1.807) is 0 Å². The SMILES string of the molecule is c1ccc(-c2ccc(-c3nc(-c4ccccc4)nc(-c4cccc(-n5c6ccccc6c6c7oc8ccccc8c7ccc65)c4)n3)cc2)cc1.c1ccc(-c2ccc(-c3nc(-c4ccccc4)nc(-c4ccccc4-n4c5ccccc5c5c6oc7ccccc7c6ccc54)n3)cc2)cc1.c1ccc(-c2cccc(-c3nc(-c4ccccc4)nc(-c4ccc(-n5c6ccccc6c6c7oc8ccccc8c7ccc65)cc4)n3)c2)cc1. The number of rotatable bonds is 15. The maximum Gasteiger partial charge on any atom is 0.166 e. The molecule has 0 bridgehead atoms. The van der Waals surface area contributed by atoms with Crippen LogP contribution in [0.4, 0.5) is 0 Å². The van der Waals surface area contributed by atoms with Gasteiger partial charge in [0.1, 0.15) is 33.5 Å². The first kappa shape index (κ1) is 87.3. The second kappa shape index (κ2) is 37.0. The molecule has 0 aliphatic rings. The van der Waals surface area contributed by atoms with Crippen molar-refractivity contribution in [2.45, 2.75) is 0 Å². The molecule has 0 N–H and O–H groups in total. The minimum Gasteiger partial charge on any atom is -0.455 e. The lowest BCUT2D eigenvalue weighted by molar-refractivity contribution is 0.672. The molecule has 0 saturated heterocycles. The van der Waals surface area contributed by atoms with E-state index in [0.717, 1.165) is 221 Å². The highest BCUT2D eigenvalue weighted by Gasteiger charge is 2.27. The Labute approximate surface area is 859 Å². The van der Waals surface area contributed by atoms with Crippen molar-refractivity contribution in [3.05, 3.63) is 510 Å². The molecule has 0 radical (unpaired) electrons. The summed E-state index contributed by atoms with van der Waals surface area (Å²) in [4.78, 5) is 45.3. The number of fused-ring (bicyclic) bond motifs is 21. The molecule has 0 fully saturated rings. The van der Waals surface area contributed by atoms with Crippen LogP contribution in [0.5, 0.6) is 0 Å².